The number of hydrogen-bond donors (Lipinski definition) is 2. The Kier molecular flexibility index (Phi) is 5.83. The summed E-state index contributed by atoms with van der Waals surface area (Å²) in [5.41, 5.74) is 2.23. The summed E-state index contributed by atoms with van der Waals surface area (Å²) in [5, 5.41) is 9.84. The number of sulfonamides is 1. The van der Waals surface area contributed by atoms with Crippen LogP contribution in [0.15, 0.2) is 54.6 Å². The highest BCUT2D eigenvalue weighted by Gasteiger charge is 2.18. The predicted octanol–water partition coefficient (Wildman–Crippen LogP) is 3.94. The van der Waals surface area contributed by atoms with E-state index in [1.54, 1.807) is 54.6 Å². The lowest BCUT2D eigenvalue weighted by atomic mass is 10.1. The third-order valence-corrected chi connectivity index (χ3v) is 5.19. The minimum absolute atomic E-state index is 0.237. The zero-order valence-corrected chi connectivity index (χ0v) is 16.5. The van der Waals surface area contributed by atoms with Gasteiger partial charge < -0.3 is 5.11 Å². The average Bonchev–Trinajstić information content (AvgIpc) is 2.61. The molecule has 0 aliphatic heterocycles. The summed E-state index contributed by atoms with van der Waals surface area (Å²) in [6.45, 7) is 0. The molecule has 28 heavy (non-hydrogen) atoms. The quantitative estimate of drug-likeness (QED) is 0.604. The van der Waals surface area contributed by atoms with Crippen LogP contribution in [0.5, 0.6) is 0 Å². The molecule has 0 spiro atoms. The highest BCUT2D eigenvalue weighted by molar-refractivity contribution is 7.93. The number of hydrogen-bond acceptors (Lipinski definition) is 5. The summed E-state index contributed by atoms with van der Waals surface area (Å²) in [6.07, 6.45) is 0. The van der Waals surface area contributed by atoms with E-state index in [9.17, 15) is 13.2 Å². The van der Waals surface area contributed by atoms with Gasteiger partial charge in [-0.3, -0.25) is 9.52 Å². The van der Waals surface area contributed by atoms with Gasteiger partial charge in [-0.05, 0) is 30.3 Å². The van der Waals surface area contributed by atoms with E-state index in [1.807, 2.05) is 0 Å². The van der Waals surface area contributed by atoms with Crippen molar-refractivity contribution in [1.82, 2.24) is 9.97 Å². The second-order valence-corrected chi connectivity index (χ2v) is 8.33. The number of benzene rings is 2. The Morgan fingerprint density at radius 2 is 1.32 bits per heavy atom. The number of aliphatic carboxylic acids is 1. The summed E-state index contributed by atoms with van der Waals surface area (Å²) in [6, 6.07) is 15.3. The maximum atomic E-state index is 12.0. The average molecular weight is 438 g/mol. The number of nitrogens with one attached hydrogen (secondary N) is 1. The first kappa shape index (κ1) is 20.1. The third kappa shape index (κ3) is 5.19. The number of carboxylic acid groups (broad SMARTS) is 1. The number of nitrogens with zero attached hydrogens (tertiary/aromatic N) is 2. The van der Waals surface area contributed by atoms with Crippen LogP contribution in [-0.4, -0.2) is 35.2 Å². The molecule has 7 nitrogen and oxygen atoms in total. The van der Waals surface area contributed by atoms with E-state index in [0.717, 1.165) is 0 Å². The monoisotopic (exact) mass is 437 g/mol. The Morgan fingerprint density at radius 3 is 1.71 bits per heavy atom. The SMILES string of the molecule is O=C(O)CS(=O)(=O)Nc1nc(-c2ccc(Cl)cc2)cc(-c2ccc(Cl)cc2)n1. The molecule has 0 aliphatic rings. The van der Waals surface area contributed by atoms with Crippen LogP contribution in [0.1, 0.15) is 0 Å². The largest absolute Gasteiger partial charge is 0.480 e. The van der Waals surface area contributed by atoms with Crippen molar-refractivity contribution in [2.24, 2.45) is 0 Å². The van der Waals surface area contributed by atoms with Crippen LogP contribution < -0.4 is 4.72 Å². The molecule has 144 valence electrons. The highest BCUT2D eigenvalue weighted by atomic mass is 35.5. The van der Waals surface area contributed by atoms with Crippen LogP contribution >= 0.6 is 23.2 Å². The van der Waals surface area contributed by atoms with Gasteiger partial charge in [-0.2, -0.15) is 0 Å². The van der Waals surface area contributed by atoms with Crippen molar-refractivity contribution < 1.29 is 18.3 Å². The van der Waals surface area contributed by atoms with Crippen molar-refractivity contribution in [2.75, 3.05) is 10.5 Å². The molecule has 1 heterocycles. The van der Waals surface area contributed by atoms with Gasteiger partial charge in [0, 0.05) is 21.2 Å². The topological polar surface area (TPSA) is 109 Å². The van der Waals surface area contributed by atoms with Crippen molar-refractivity contribution in [3.05, 3.63) is 64.6 Å². The zero-order chi connectivity index (χ0) is 20.3. The fourth-order valence-electron chi connectivity index (χ4n) is 2.37. The summed E-state index contributed by atoms with van der Waals surface area (Å²) in [4.78, 5) is 19.2. The number of aromatic nitrogens is 2. The normalized spacial score (nSPS) is 11.2. The van der Waals surface area contributed by atoms with Crippen LogP contribution in [0, 0.1) is 0 Å². The summed E-state index contributed by atoms with van der Waals surface area (Å²) in [7, 11) is -4.16. The van der Waals surface area contributed by atoms with Gasteiger partial charge in [-0.15, -0.1) is 0 Å². The van der Waals surface area contributed by atoms with Crippen LogP contribution in [0.2, 0.25) is 10.0 Å². The van der Waals surface area contributed by atoms with Crippen LogP contribution in [0.25, 0.3) is 22.5 Å². The van der Waals surface area contributed by atoms with Crippen molar-refractivity contribution >= 4 is 45.1 Å². The molecule has 0 saturated heterocycles. The van der Waals surface area contributed by atoms with E-state index in [2.05, 4.69) is 14.7 Å². The zero-order valence-electron chi connectivity index (χ0n) is 14.1. The van der Waals surface area contributed by atoms with Gasteiger partial charge in [-0.25, -0.2) is 18.4 Å². The second-order valence-electron chi connectivity index (χ2n) is 5.73. The maximum absolute atomic E-state index is 12.0. The van der Waals surface area contributed by atoms with Crippen molar-refractivity contribution in [1.29, 1.82) is 0 Å². The molecule has 3 rings (SSSR count). The van der Waals surface area contributed by atoms with E-state index in [-0.39, 0.29) is 5.95 Å². The van der Waals surface area contributed by atoms with Crippen LogP contribution in [-0.2, 0) is 14.8 Å². The molecular weight excluding hydrogens is 425 g/mol. The minimum Gasteiger partial charge on any atom is -0.480 e. The molecule has 0 fully saturated rings. The van der Waals surface area contributed by atoms with Crippen molar-refractivity contribution in [3.8, 4) is 22.5 Å². The second kappa shape index (κ2) is 8.14. The van der Waals surface area contributed by atoms with Gasteiger partial charge in [0.15, 0.2) is 5.75 Å². The van der Waals surface area contributed by atoms with Crippen molar-refractivity contribution in [3.63, 3.8) is 0 Å². The molecule has 0 aliphatic carbocycles. The van der Waals surface area contributed by atoms with Gasteiger partial charge in [0.2, 0.25) is 16.0 Å². The third-order valence-electron chi connectivity index (χ3n) is 3.57. The van der Waals surface area contributed by atoms with Crippen LogP contribution in [0.3, 0.4) is 0 Å². The number of halogens is 2. The number of carbonyl (C=O) groups is 1. The van der Waals surface area contributed by atoms with E-state index in [1.165, 1.54) is 0 Å². The summed E-state index contributed by atoms with van der Waals surface area (Å²) >= 11 is 11.8. The Bertz CT molecular complexity index is 1050. The molecule has 0 atom stereocenters. The van der Waals surface area contributed by atoms with Gasteiger partial charge in [0.1, 0.15) is 0 Å². The van der Waals surface area contributed by atoms with E-state index in [4.69, 9.17) is 28.3 Å². The molecule has 0 amide bonds. The molecular formula is C18H13Cl2N3O4S. The summed E-state index contributed by atoms with van der Waals surface area (Å²) in [5.74, 6) is -2.82. The lowest BCUT2D eigenvalue weighted by molar-refractivity contribution is -0.134. The lowest BCUT2D eigenvalue weighted by Crippen LogP contribution is -2.23. The molecule has 1 aromatic heterocycles. The van der Waals surface area contributed by atoms with Gasteiger partial charge in [-0.1, -0.05) is 47.5 Å². The summed E-state index contributed by atoms with van der Waals surface area (Å²) < 4.78 is 26.1. The van der Waals surface area contributed by atoms with Gasteiger partial charge in [0.05, 0.1) is 11.4 Å². The Balaban J connectivity index is 2.09. The lowest BCUT2D eigenvalue weighted by Gasteiger charge is -2.10. The number of carboxylic acids is 1. The van der Waals surface area contributed by atoms with E-state index < -0.39 is 21.7 Å². The Morgan fingerprint density at radius 1 is 0.893 bits per heavy atom. The fourth-order valence-corrected chi connectivity index (χ4v) is 3.39. The van der Waals surface area contributed by atoms with Crippen LogP contribution in [0.4, 0.5) is 5.95 Å². The molecule has 0 radical (unpaired) electrons. The first-order valence-corrected chi connectivity index (χ1v) is 10.3. The molecule has 10 heteroatoms. The Labute approximate surface area is 171 Å². The predicted molar refractivity (Wildman–Crippen MR) is 108 cm³/mol. The fraction of sp³-hybridized carbons (Fsp3) is 0.0556. The molecule has 2 aromatic carbocycles. The number of rotatable bonds is 6. The molecule has 2 N–H and O–H groups in total. The van der Waals surface area contributed by atoms with Gasteiger partial charge >= 0.3 is 5.97 Å². The van der Waals surface area contributed by atoms with Gasteiger partial charge in [0.25, 0.3) is 0 Å². The first-order chi connectivity index (χ1) is 13.2. The standard InChI is InChI=1S/C18H13Cl2N3O4S/c19-13-5-1-11(2-6-13)15-9-16(12-3-7-14(20)8-4-12)22-18(21-15)23-28(26,27)10-17(24)25/h1-9H,10H2,(H,24,25)(H,21,22,23). The minimum atomic E-state index is -4.16. The Hall–Kier alpha value is -2.68. The first-order valence-electron chi connectivity index (χ1n) is 7.85. The molecule has 0 saturated carbocycles. The van der Waals surface area contributed by atoms with E-state index >= 15 is 0 Å². The maximum Gasteiger partial charge on any atom is 0.320 e. The highest BCUT2D eigenvalue weighted by Crippen LogP contribution is 2.27. The van der Waals surface area contributed by atoms with E-state index in [0.29, 0.717) is 32.6 Å². The van der Waals surface area contributed by atoms with Crippen molar-refractivity contribution in [2.45, 2.75) is 0 Å². The molecule has 0 bridgehead atoms. The molecule has 0 unspecified atom stereocenters. The number of anilines is 1. The molecule has 3 aromatic rings. The smallest absolute Gasteiger partial charge is 0.320 e.